The Morgan fingerprint density at radius 2 is 2.00 bits per heavy atom. The number of carbonyl (C=O) groups is 1. The van der Waals surface area contributed by atoms with Crippen LogP contribution in [0.4, 0.5) is 5.69 Å². The maximum atomic E-state index is 12.9. The molecule has 3 aromatic rings. The molecule has 3 heterocycles. The molecular weight excluding hydrogens is 458 g/mol. The van der Waals surface area contributed by atoms with Crippen molar-refractivity contribution in [1.29, 1.82) is 0 Å². The number of nitrogens with one attached hydrogen (secondary N) is 1. The topological polar surface area (TPSA) is 112 Å². The number of aliphatic hydroxyl groups is 1. The van der Waals surface area contributed by atoms with Crippen LogP contribution in [-0.4, -0.2) is 79.8 Å². The lowest BCUT2D eigenvalue weighted by molar-refractivity contribution is -0.119. The largest absolute Gasteiger partial charge is 0.495 e. The summed E-state index contributed by atoms with van der Waals surface area (Å²) in [7, 11) is -1.86. The fourth-order valence-corrected chi connectivity index (χ4v) is 6.96. The highest BCUT2D eigenvalue weighted by Gasteiger charge is 2.52. The van der Waals surface area contributed by atoms with Crippen molar-refractivity contribution in [2.45, 2.75) is 30.9 Å². The third-order valence-electron chi connectivity index (χ3n) is 7.12. The minimum atomic E-state index is -3.41. The molecule has 2 N–H and O–H groups in total. The average molecular weight is 488 g/mol. The number of hydrogen-bond acceptors (Lipinski definition) is 7. The molecule has 0 unspecified atom stereocenters. The van der Waals surface area contributed by atoms with E-state index in [1.165, 1.54) is 10.6 Å². The van der Waals surface area contributed by atoms with Crippen molar-refractivity contribution in [3.63, 3.8) is 0 Å². The summed E-state index contributed by atoms with van der Waals surface area (Å²) in [5, 5.41) is 15.7. The standard InChI is InChI=1S/C24H29N3O6S/c1-32-21-12-17-16-6-3-4-7-19(16)33-20(17)13-18(21)25-23(29)15-26-11-9-24(22(28)14-26)8-5-10-27(24)34(2,30)31/h3-4,6-7,12-13,22,28H,5,8-11,14-15H2,1-2H3,(H,25,29)/t22-,24-/m0/s1. The van der Waals surface area contributed by atoms with Crippen LogP contribution in [0.1, 0.15) is 19.3 Å². The van der Waals surface area contributed by atoms with E-state index in [1.807, 2.05) is 35.2 Å². The quantitative estimate of drug-likeness (QED) is 0.568. The smallest absolute Gasteiger partial charge is 0.238 e. The van der Waals surface area contributed by atoms with Crippen molar-refractivity contribution in [2.75, 3.05) is 44.9 Å². The Labute approximate surface area is 198 Å². The molecule has 2 fully saturated rings. The summed E-state index contributed by atoms with van der Waals surface area (Å²) in [5.74, 6) is 0.281. The first-order chi connectivity index (χ1) is 16.2. The number of hydrogen-bond donors (Lipinski definition) is 2. The molecule has 1 amide bonds. The summed E-state index contributed by atoms with van der Waals surface area (Å²) in [6.07, 6.45) is 2.19. The number of amides is 1. The maximum Gasteiger partial charge on any atom is 0.238 e. The van der Waals surface area contributed by atoms with Crippen molar-refractivity contribution in [3.8, 4) is 5.75 Å². The molecular formula is C24H29N3O6S. The van der Waals surface area contributed by atoms with Crippen LogP contribution in [0.2, 0.25) is 0 Å². The molecule has 2 saturated heterocycles. The van der Waals surface area contributed by atoms with Gasteiger partial charge in [-0.2, -0.15) is 4.31 Å². The third-order valence-corrected chi connectivity index (χ3v) is 8.47. The van der Waals surface area contributed by atoms with E-state index in [9.17, 15) is 18.3 Å². The molecule has 5 rings (SSSR count). The van der Waals surface area contributed by atoms with Gasteiger partial charge in [0.05, 0.1) is 37.2 Å². The Kier molecular flexibility index (Phi) is 5.79. The van der Waals surface area contributed by atoms with Gasteiger partial charge >= 0.3 is 0 Å². The first kappa shape index (κ1) is 23.1. The van der Waals surface area contributed by atoms with Crippen LogP contribution in [0.15, 0.2) is 40.8 Å². The van der Waals surface area contributed by atoms with Crippen molar-refractivity contribution in [2.24, 2.45) is 0 Å². The van der Waals surface area contributed by atoms with E-state index in [2.05, 4.69) is 5.32 Å². The second-order valence-corrected chi connectivity index (χ2v) is 11.1. The van der Waals surface area contributed by atoms with Gasteiger partial charge in [-0.15, -0.1) is 0 Å². The molecule has 0 saturated carbocycles. The van der Waals surface area contributed by atoms with E-state index in [0.29, 0.717) is 43.0 Å². The van der Waals surface area contributed by atoms with Gasteiger partial charge in [0.2, 0.25) is 15.9 Å². The molecule has 10 heteroatoms. The van der Waals surface area contributed by atoms with Crippen LogP contribution in [0.3, 0.4) is 0 Å². The van der Waals surface area contributed by atoms with Gasteiger partial charge in [0.15, 0.2) is 0 Å². The number of rotatable bonds is 5. The number of sulfonamides is 1. The average Bonchev–Trinajstić information content (AvgIpc) is 3.38. The molecule has 2 aliphatic heterocycles. The molecule has 2 aliphatic rings. The van der Waals surface area contributed by atoms with E-state index in [0.717, 1.165) is 22.8 Å². The molecule has 182 valence electrons. The lowest BCUT2D eigenvalue weighted by atomic mass is 9.83. The molecule has 0 radical (unpaired) electrons. The van der Waals surface area contributed by atoms with Crippen LogP contribution in [-0.2, 0) is 14.8 Å². The summed E-state index contributed by atoms with van der Waals surface area (Å²) < 4.78 is 37.4. The number of fused-ring (bicyclic) bond motifs is 3. The van der Waals surface area contributed by atoms with Crippen LogP contribution in [0, 0.1) is 0 Å². The Morgan fingerprint density at radius 3 is 2.74 bits per heavy atom. The number of furan rings is 1. The highest BCUT2D eigenvalue weighted by atomic mass is 32.2. The van der Waals surface area contributed by atoms with Crippen LogP contribution >= 0.6 is 0 Å². The number of methoxy groups -OCH3 is 1. The number of piperidine rings is 1. The molecule has 2 aromatic carbocycles. The predicted octanol–water partition coefficient (Wildman–Crippen LogP) is 2.39. The minimum absolute atomic E-state index is 0.0767. The fourth-order valence-electron chi connectivity index (χ4n) is 5.53. The van der Waals surface area contributed by atoms with Gasteiger partial charge in [0.1, 0.15) is 16.9 Å². The summed E-state index contributed by atoms with van der Waals surface area (Å²) in [4.78, 5) is 14.7. The Bertz CT molecular complexity index is 1350. The number of nitrogens with zero attached hydrogens (tertiary/aromatic N) is 2. The van der Waals surface area contributed by atoms with Gasteiger partial charge in [-0.25, -0.2) is 8.42 Å². The fraction of sp³-hybridized carbons (Fsp3) is 0.458. The van der Waals surface area contributed by atoms with E-state index in [4.69, 9.17) is 9.15 Å². The van der Waals surface area contributed by atoms with Gasteiger partial charge in [-0.05, 0) is 31.4 Å². The summed E-state index contributed by atoms with van der Waals surface area (Å²) in [6.45, 7) is 1.27. The van der Waals surface area contributed by atoms with Gasteiger partial charge in [-0.1, -0.05) is 18.2 Å². The maximum absolute atomic E-state index is 12.9. The lowest BCUT2D eigenvalue weighted by Crippen LogP contribution is -2.63. The van der Waals surface area contributed by atoms with Gasteiger partial charge in [0.25, 0.3) is 0 Å². The predicted molar refractivity (Wildman–Crippen MR) is 129 cm³/mol. The first-order valence-corrected chi connectivity index (χ1v) is 13.2. The molecule has 9 nitrogen and oxygen atoms in total. The lowest BCUT2D eigenvalue weighted by Gasteiger charge is -2.47. The summed E-state index contributed by atoms with van der Waals surface area (Å²) in [5.41, 5.74) is 1.15. The first-order valence-electron chi connectivity index (χ1n) is 11.4. The zero-order chi connectivity index (χ0) is 24.1. The van der Waals surface area contributed by atoms with Gasteiger partial charge in [-0.3, -0.25) is 9.69 Å². The number of anilines is 1. The zero-order valence-corrected chi connectivity index (χ0v) is 20.1. The van der Waals surface area contributed by atoms with E-state index in [1.54, 1.807) is 13.2 Å². The summed E-state index contributed by atoms with van der Waals surface area (Å²) in [6, 6.07) is 11.3. The zero-order valence-electron chi connectivity index (χ0n) is 19.3. The van der Waals surface area contributed by atoms with Crippen molar-refractivity contribution in [1.82, 2.24) is 9.21 Å². The second-order valence-electron chi connectivity index (χ2n) is 9.24. The number of β-amino-alcohol motifs (C(OH)–C–C–N with tert-alkyl or cyclic N) is 1. The molecule has 0 bridgehead atoms. The van der Waals surface area contributed by atoms with Crippen LogP contribution in [0.5, 0.6) is 5.75 Å². The number of benzene rings is 2. The number of para-hydroxylation sites is 1. The number of likely N-dealkylation sites (tertiary alicyclic amines) is 1. The Morgan fingerprint density at radius 1 is 1.21 bits per heavy atom. The molecule has 1 aromatic heterocycles. The van der Waals surface area contributed by atoms with E-state index < -0.39 is 21.7 Å². The molecule has 0 aliphatic carbocycles. The summed E-state index contributed by atoms with van der Waals surface area (Å²) >= 11 is 0. The monoisotopic (exact) mass is 487 g/mol. The SMILES string of the molecule is COc1cc2c(cc1NC(=O)CN1CC[C@@]3(CCCN3S(C)(=O)=O)[C@@H](O)C1)oc1ccccc12. The molecule has 1 spiro atoms. The third kappa shape index (κ3) is 3.94. The molecule has 34 heavy (non-hydrogen) atoms. The highest BCUT2D eigenvalue weighted by molar-refractivity contribution is 7.88. The van der Waals surface area contributed by atoms with Crippen molar-refractivity contribution < 1.29 is 27.5 Å². The Balaban J connectivity index is 1.30. The van der Waals surface area contributed by atoms with Gasteiger partial charge < -0.3 is 19.6 Å². The highest BCUT2D eigenvalue weighted by Crippen LogP contribution is 2.40. The number of carbonyl (C=O) groups excluding carboxylic acids is 1. The van der Waals surface area contributed by atoms with E-state index in [-0.39, 0.29) is 19.0 Å². The Hall–Kier alpha value is -2.66. The van der Waals surface area contributed by atoms with Crippen LogP contribution < -0.4 is 10.1 Å². The van der Waals surface area contributed by atoms with Gasteiger partial charge in [0, 0.05) is 36.5 Å². The second kappa shape index (κ2) is 8.53. The normalized spacial score (nSPS) is 24.3. The van der Waals surface area contributed by atoms with Crippen molar-refractivity contribution >= 4 is 43.6 Å². The van der Waals surface area contributed by atoms with Crippen molar-refractivity contribution in [3.05, 3.63) is 36.4 Å². The van der Waals surface area contributed by atoms with Crippen LogP contribution in [0.25, 0.3) is 21.9 Å². The number of ether oxygens (including phenoxy) is 1. The minimum Gasteiger partial charge on any atom is -0.495 e. The van der Waals surface area contributed by atoms with E-state index >= 15 is 0 Å². The molecule has 2 atom stereocenters. The number of aliphatic hydroxyl groups excluding tert-OH is 1.